The third kappa shape index (κ3) is 21.6. The lowest BCUT2D eigenvalue weighted by Crippen LogP contribution is -2.70. The average Bonchev–Trinajstić information content (AvgIpc) is 0.723. The molecule has 0 fully saturated rings. The summed E-state index contributed by atoms with van der Waals surface area (Å²) in [4.78, 5) is 0. The fourth-order valence-corrected chi connectivity index (χ4v) is 11.7. The molecule has 0 unspecified atom stereocenters. The maximum atomic E-state index is 15.2. The summed E-state index contributed by atoms with van der Waals surface area (Å²) in [6.07, 6.45) is -25.4. The highest BCUT2D eigenvalue weighted by molar-refractivity contribution is 6.27. The van der Waals surface area contributed by atoms with Crippen molar-refractivity contribution in [2.24, 2.45) is 0 Å². The summed E-state index contributed by atoms with van der Waals surface area (Å²) < 4.78 is 587. The zero-order valence-electron chi connectivity index (χ0n) is 62.0. The van der Waals surface area contributed by atoms with Gasteiger partial charge in [-0.15, -0.1) is 0 Å². The van der Waals surface area contributed by atoms with Gasteiger partial charge in [-0.25, -0.2) is 0 Å². The topological polar surface area (TPSA) is 55.4 Å². The SMILES string of the molecule is CCCCCCCCCOc1cc2c(cc1OCCCC(F)(F)C(F)(F)C(F)(F)C(F)(F)C(F)(F)C(F)(F)F)c1cc(OCCCCCCCCC)c(OCCCC(F)(F)C(F)(F)C(F)(F)C(F)(F)C(F)(F)C(F)(F)F)cc1c1cc(OCCCCCCCCC)c(OCCCC(F)(F)C(F)(F)C(F)(F)C(F)(F)C(F)(F)C(F)(F)F)cc21. The molecule has 0 N–H and O–H groups in total. The Hall–Kier alpha value is -6.27. The highest BCUT2D eigenvalue weighted by atomic mass is 19.5. The van der Waals surface area contributed by atoms with Crippen LogP contribution < -0.4 is 28.4 Å². The van der Waals surface area contributed by atoms with Crippen LogP contribution in [0.1, 0.15) is 194 Å². The van der Waals surface area contributed by atoms with E-state index < -0.39 is 220 Å². The lowest BCUT2D eigenvalue weighted by atomic mass is 9.92. The van der Waals surface area contributed by atoms with Crippen molar-refractivity contribution in [2.75, 3.05) is 39.6 Å². The van der Waals surface area contributed by atoms with Crippen LogP contribution in [-0.2, 0) is 0 Å². The lowest BCUT2D eigenvalue weighted by Gasteiger charge is -2.39. The Kier molecular flexibility index (Phi) is 34.2. The van der Waals surface area contributed by atoms with E-state index >= 15 is 26.3 Å². The van der Waals surface area contributed by atoms with Crippen molar-refractivity contribution in [1.29, 1.82) is 0 Å². The number of halogens is 39. The molecule has 0 atom stereocenters. The van der Waals surface area contributed by atoms with Crippen LogP contribution in [0.3, 0.4) is 0 Å². The van der Waals surface area contributed by atoms with Gasteiger partial charge in [0.1, 0.15) is 0 Å². The summed E-state index contributed by atoms with van der Waals surface area (Å²) in [5, 5.41) is -2.07. The van der Waals surface area contributed by atoms with Gasteiger partial charge in [-0.05, 0) is 107 Å². The molecule has 0 aliphatic carbocycles. The van der Waals surface area contributed by atoms with Gasteiger partial charge in [0.15, 0.2) is 34.5 Å². The maximum absolute atomic E-state index is 15.2. The second kappa shape index (κ2) is 38.9. The van der Waals surface area contributed by atoms with Crippen LogP contribution in [0.15, 0.2) is 36.4 Å². The van der Waals surface area contributed by atoms with Gasteiger partial charge in [-0.2, -0.15) is 171 Å². The fourth-order valence-electron chi connectivity index (χ4n) is 11.7. The van der Waals surface area contributed by atoms with Crippen molar-refractivity contribution < 1.29 is 200 Å². The number of hydrogen-bond donors (Lipinski definition) is 0. The Bertz CT molecular complexity index is 3360. The van der Waals surface area contributed by atoms with Gasteiger partial charge in [0.25, 0.3) is 0 Å². The normalized spacial score (nSPS) is 14.5. The molecular weight excluding hydrogens is 1700 g/mol. The minimum atomic E-state index is -8.29. The first kappa shape index (κ1) is 103. The van der Waals surface area contributed by atoms with Gasteiger partial charge in [0, 0.05) is 19.3 Å². The van der Waals surface area contributed by atoms with Crippen molar-refractivity contribution in [3.63, 3.8) is 0 Å². The molecule has 0 radical (unpaired) electrons. The van der Waals surface area contributed by atoms with E-state index in [2.05, 4.69) is 0 Å². The Labute approximate surface area is 642 Å². The van der Waals surface area contributed by atoms with Crippen molar-refractivity contribution in [2.45, 2.75) is 302 Å². The Balaban J connectivity index is 2.13. The van der Waals surface area contributed by atoms with Crippen LogP contribution >= 0.6 is 0 Å². The van der Waals surface area contributed by atoms with Crippen LogP contribution in [0.2, 0.25) is 0 Å². The molecule has 117 heavy (non-hydrogen) atoms. The molecule has 0 saturated carbocycles. The van der Waals surface area contributed by atoms with Crippen molar-refractivity contribution in [1.82, 2.24) is 0 Å². The molecule has 678 valence electrons. The number of unbranched alkanes of at least 4 members (excludes halogenated alkanes) is 18. The largest absolute Gasteiger partial charge is 0.490 e. The van der Waals surface area contributed by atoms with Crippen LogP contribution in [-0.4, -0.2) is 147 Å². The average molecular weight is 1780 g/mol. The molecule has 45 heteroatoms. The first-order valence-electron chi connectivity index (χ1n) is 36.5. The predicted molar refractivity (Wildman–Crippen MR) is 346 cm³/mol. The van der Waals surface area contributed by atoms with E-state index in [1.807, 2.05) is 20.8 Å². The van der Waals surface area contributed by atoms with Gasteiger partial charge in [-0.3, -0.25) is 0 Å². The number of hydrogen-bond acceptors (Lipinski definition) is 6. The quantitative estimate of drug-likeness (QED) is 0.0249. The van der Waals surface area contributed by atoms with Crippen LogP contribution in [0.25, 0.3) is 32.3 Å². The molecule has 4 rings (SSSR count). The molecular formula is C72H81F39O6. The smallest absolute Gasteiger partial charge is 0.460 e. The fraction of sp³-hybridized carbons (Fsp3) is 0.750. The summed E-state index contributed by atoms with van der Waals surface area (Å²) in [6.45, 7) is -0.160. The second-order valence-electron chi connectivity index (χ2n) is 27.8. The molecule has 0 heterocycles. The Morgan fingerprint density at radius 3 is 0.462 bits per heavy atom. The number of ether oxygens (including phenoxy) is 6. The molecule has 0 aliphatic rings. The van der Waals surface area contributed by atoms with Gasteiger partial charge in [-0.1, -0.05) is 136 Å². The van der Waals surface area contributed by atoms with Gasteiger partial charge in [0.2, 0.25) is 0 Å². The van der Waals surface area contributed by atoms with E-state index in [-0.39, 0.29) is 51.6 Å². The lowest BCUT2D eigenvalue weighted by molar-refractivity contribution is -0.440. The maximum Gasteiger partial charge on any atom is 0.460 e. The molecule has 0 amide bonds. The van der Waals surface area contributed by atoms with E-state index in [9.17, 15) is 145 Å². The van der Waals surface area contributed by atoms with Crippen LogP contribution in [0.5, 0.6) is 34.5 Å². The number of alkyl halides is 39. The Morgan fingerprint density at radius 1 is 0.171 bits per heavy atom. The third-order valence-corrected chi connectivity index (χ3v) is 18.8. The number of fused-ring (bicyclic) bond motifs is 6. The predicted octanol–water partition coefficient (Wildman–Crippen LogP) is 29.2. The summed E-state index contributed by atoms with van der Waals surface area (Å²) in [7, 11) is 0. The zero-order chi connectivity index (χ0) is 89.7. The minimum absolute atomic E-state index is 0.0870. The molecule has 0 spiro atoms. The van der Waals surface area contributed by atoms with Crippen LogP contribution in [0, 0.1) is 0 Å². The molecule has 0 aliphatic heterocycles. The second-order valence-corrected chi connectivity index (χ2v) is 27.8. The van der Waals surface area contributed by atoms with Gasteiger partial charge < -0.3 is 28.4 Å². The van der Waals surface area contributed by atoms with Crippen molar-refractivity contribution >= 4 is 32.3 Å². The number of rotatable bonds is 54. The highest BCUT2D eigenvalue weighted by Gasteiger charge is 2.93. The van der Waals surface area contributed by atoms with E-state index in [1.165, 1.54) is 0 Å². The highest BCUT2D eigenvalue weighted by Crippen LogP contribution is 2.65. The summed E-state index contributed by atoms with van der Waals surface area (Å²) in [6, 6.07) is 5.36. The van der Waals surface area contributed by atoms with E-state index in [1.54, 1.807) is 0 Å². The molecule has 0 aromatic heterocycles. The van der Waals surface area contributed by atoms with E-state index in [0.717, 1.165) is 94.2 Å². The van der Waals surface area contributed by atoms with Gasteiger partial charge in [0.05, 0.1) is 39.6 Å². The summed E-state index contributed by atoms with van der Waals surface area (Å²) >= 11 is 0. The zero-order valence-corrected chi connectivity index (χ0v) is 62.0. The van der Waals surface area contributed by atoms with Crippen molar-refractivity contribution in [3.05, 3.63) is 36.4 Å². The molecule has 0 bridgehead atoms. The molecule has 0 saturated heterocycles. The van der Waals surface area contributed by atoms with E-state index in [0.29, 0.717) is 57.8 Å². The standard InChI is InChI=1S/C72H81F39O6/c1-4-7-10-13-16-19-22-31-112-49-37-43-46(40-52(49)115-34-25-28-55(73,74)58(79,80)61(85,86)64(91,92)67(97,98)70(103,104)105)44-38-50(113-32-23-20-17-14-11-8-5-2)54(117-36-27-30-57(77,78)60(83,84)63(89,90)66(95,96)69(101,102)72(109,110)111)42-48(44)45-39-51(114-33-24-21-18-15-12-9-6-3)53(41-47(43)45)116-35-26-29-56(75,76)59(81,82)62(87,88)65(93,94)68(99,100)71(106,107)108/h37-42H,4-36H2,1-3H3. The molecule has 4 aromatic carbocycles. The third-order valence-electron chi connectivity index (χ3n) is 18.8. The minimum Gasteiger partial charge on any atom is -0.490 e. The van der Waals surface area contributed by atoms with Crippen LogP contribution in [0.4, 0.5) is 171 Å². The first-order valence-corrected chi connectivity index (χ1v) is 36.5. The summed E-state index contributed by atoms with van der Waals surface area (Å²) in [5.41, 5.74) is 0. The van der Waals surface area contributed by atoms with Gasteiger partial charge >= 0.3 is 107 Å². The first-order chi connectivity index (χ1) is 53.3. The Morgan fingerprint density at radius 2 is 0.308 bits per heavy atom. The monoisotopic (exact) mass is 1780 g/mol. The number of benzene rings is 4. The van der Waals surface area contributed by atoms with E-state index in [4.69, 9.17) is 28.4 Å². The molecule has 4 aromatic rings. The summed E-state index contributed by atoms with van der Waals surface area (Å²) in [5.74, 6) is -121. The molecule has 6 nitrogen and oxygen atoms in total. The van der Waals surface area contributed by atoms with Crippen molar-refractivity contribution in [3.8, 4) is 34.5 Å².